The fraction of sp³-hybridized carbons (Fsp3) is 0.333. The fourth-order valence-corrected chi connectivity index (χ4v) is 5.71. The Morgan fingerprint density at radius 2 is 1.62 bits per heavy atom. The molecule has 0 bridgehead atoms. The molecule has 3 aromatic rings. The van der Waals surface area contributed by atoms with Crippen LogP contribution < -0.4 is 5.32 Å². The third-order valence-electron chi connectivity index (χ3n) is 6.07. The van der Waals surface area contributed by atoms with E-state index >= 15 is 0 Å². The lowest BCUT2D eigenvalue weighted by molar-refractivity contribution is -0.139. The number of amides is 2. The molecule has 0 aliphatic heterocycles. The summed E-state index contributed by atoms with van der Waals surface area (Å²) in [5, 5.41) is 4.23. The SMILES string of the molecule is CCCCNC(=O)C(Cc1ccccc1)N(Cc1cccc(C)c1)C(=O)CSCc1c(Cl)cccc1Cl. The van der Waals surface area contributed by atoms with E-state index in [2.05, 4.69) is 18.3 Å². The number of hydrogen-bond donors (Lipinski definition) is 1. The standard InChI is InChI=1S/C30H34Cl2N2O2S/c1-3-4-16-33-30(36)28(18-23-11-6-5-7-12-23)34(19-24-13-8-10-22(2)17-24)29(35)21-37-20-25-26(31)14-9-15-27(25)32/h5-15,17,28H,3-4,16,18-21H2,1-2H3,(H,33,36). The van der Waals surface area contributed by atoms with Crippen LogP contribution in [0.15, 0.2) is 72.8 Å². The zero-order chi connectivity index (χ0) is 26.6. The van der Waals surface area contributed by atoms with Crippen molar-refractivity contribution in [2.24, 2.45) is 0 Å². The lowest BCUT2D eigenvalue weighted by atomic mass is 10.0. The van der Waals surface area contributed by atoms with Gasteiger partial charge in [-0.2, -0.15) is 0 Å². The third kappa shape index (κ3) is 9.10. The van der Waals surface area contributed by atoms with Gasteiger partial charge in [0.1, 0.15) is 6.04 Å². The van der Waals surface area contributed by atoms with E-state index in [4.69, 9.17) is 23.2 Å². The van der Waals surface area contributed by atoms with E-state index in [1.165, 1.54) is 11.8 Å². The normalized spacial score (nSPS) is 11.7. The van der Waals surface area contributed by atoms with E-state index < -0.39 is 6.04 Å². The highest BCUT2D eigenvalue weighted by molar-refractivity contribution is 7.99. The Hall–Kier alpha value is -2.47. The monoisotopic (exact) mass is 556 g/mol. The average molecular weight is 558 g/mol. The van der Waals surface area contributed by atoms with Crippen LogP contribution in [-0.2, 0) is 28.3 Å². The molecule has 3 rings (SSSR count). The van der Waals surface area contributed by atoms with Crippen molar-refractivity contribution in [1.29, 1.82) is 0 Å². The minimum absolute atomic E-state index is 0.0961. The van der Waals surface area contributed by atoms with Gasteiger partial charge in [-0.25, -0.2) is 0 Å². The van der Waals surface area contributed by atoms with Gasteiger partial charge in [0.05, 0.1) is 5.75 Å². The van der Waals surface area contributed by atoms with Crippen molar-refractivity contribution in [1.82, 2.24) is 10.2 Å². The van der Waals surface area contributed by atoms with E-state index in [0.717, 1.165) is 35.1 Å². The first kappa shape index (κ1) is 29.1. The van der Waals surface area contributed by atoms with E-state index in [1.54, 1.807) is 23.1 Å². The van der Waals surface area contributed by atoms with E-state index in [1.807, 2.05) is 55.5 Å². The van der Waals surface area contributed by atoms with Gasteiger partial charge < -0.3 is 10.2 Å². The maximum absolute atomic E-state index is 13.7. The minimum Gasteiger partial charge on any atom is -0.354 e. The summed E-state index contributed by atoms with van der Waals surface area (Å²) in [6.45, 7) is 5.06. The number of unbranched alkanes of at least 4 members (excludes halogenated alkanes) is 1. The Labute approximate surface area is 234 Å². The molecule has 2 amide bonds. The molecule has 1 unspecified atom stereocenters. The Bertz CT molecular complexity index is 1150. The van der Waals surface area contributed by atoms with Gasteiger partial charge in [-0.1, -0.05) is 103 Å². The van der Waals surface area contributed by atoms with E-state index in [0.29, 0.717) is 35.3 Å². The maximum Gasteiger partial charge on any atom is 0.243 e. The molecule has 1 N–H and O–H groups in total. The molecule has 0 fully saturated rings. The predicted octanol–water partition coefficient (Wildman–Crippen LogP) is 7.09. The Morgan fingerprint density at radius 1 is 0.946 bits per heavy atom. The summed E-state index contributed by atoms with van der Waals surface area (Å²) in [5.41, 5.74) is 3.93. The molecule has 0 aromatic heterocycles. The zero-order valence-electron chi connectivity index (χ0n) is 21.4. The van der Waals surface area contributed by atoms with E-state index in [9.17, 15) is 9.59 Å². The van der Waals surface area contributed by atoms with Crippen LogP contribution >= 0.6 is 35.0 Å². The van der Waals surface area contributed by atoms with Crippen LogP contribution in [0.1, 0.15) is 42.0 Å². The summed E-state index contributed by atoms with van der Waals surface area (Å²) >= 11 is 14.1. The molecule has 4 nitrogen and oxygen atoms in total. The second kappa shape index (κ2) is 15.1. The molecular formula is C30H34Cl2N2O2S. The van der Waals surface area contributed by atoms with Crippen molar-refractivity contribution in [3.05, 3.63) is 105 Å². The van der Waals surface area contributed by atoms with Gasteiger partial charge in [-0.15, -0.1) is 11.8 Å². The third-order valence-corrected chi connectivity index (χ3v) is 7.72. The van der Waals surface area contributed by atoms with Gasteiger partial charge in [0.15, 0.2) is 0 Å². The van der Waals surface area contributed by atoms with Gasteiger partial charge in [0.25, 0.3) is 0 Å². The van der Waals surface area contributed by atoms with Gasteiger partial charge in [0, 0.05) is 35.3 Å². The molecule has 37 heavy (non-hydrogen) atoms. The molecule has 1 atom stereocenters. The Morgan fingerprint density at radius 3 is 2.30 bits per heavy atom. The molecular weight excluding hydrogens is 523 g/mol. The maximum atomic E-state index is 13.7. The molecule has 196 valence electrons. The van der Waals surface area contributed by atoms with Crippen molar-refractivity contribution >= 4 is 46.8 Å². The van der Waals surface area contributed by atoms with Crippen LogP contribution in [0.3, 0.4) is 0 Å². The molecule has 0 radical (unpaired) electrons. The molecule has 7 heteroatoms. The van der Waals surface area contributed by atoms with Crippen LogP contribution in [0, 0.1) is 6.92 Å². The zero-order valence-corrected chi connectivity index (χ0v) is 23.7. The van der Waals surface area contributed by atoms with Gasteiger partial charge >= 0.3 is 0 Å². The fourth-order valence-electron chi connectivity index (χ4n) is 4.06. The van der Waals surface area contributed by atoms with Crippen LogP contribution in [0.4, 0.5) is 0 Å². The number of nitrogens with zero attached hydrogens (tertiary/aromatic N) is 1. The molecule has 3 aromatic carbocycles. The van der Waals surface area contributed by atoms with Gasteiger partial charge in [0.2, 0.25) is 11.8 Å². The number of carbonyl (C=O) groups is 2. The molecule has 0 aliphatic rings. The van der Waals surface area contributed by atoms with Crippen LogP contribution in [0.5, 0.6) is 0 Å². The topological polar surface area (TPSA) is 49.4 Å². The van der Waals surface area contributed by atoms with Crippen LogP contribution in [-0.4, -0.2) is 35.1 Å². The van der Waals surface area contributed by atoms with Gasteiger partial charge in [-0.3, -0.25) is 9.59 Å². The number of aryl methyl sites for hydroxylation is 1. The number of thioether (sulfide) groups is 1. The minimum atomic E-state index is -0.628. The lowest BCUT2D eigenvalue weighted by Crippen LogP contribution is -2.51. The highest BCUT2D eigenvalue weighted by Gasteiger charge is 2.30. The number of nitrogens with one attached hydrogen (secondary N) is 1. The summed E-state index contributed by atoms with van der Waals surface area (Å²) in [7, 11) is 0. The van der Waals surface area contributed by atoms with E-state index in [-0.39, 0.29) is 17.6 Å². The van der Waals surface area contributed by atoms with Crippen molar-refractivity contribution in [2.45, 2.75) is 51.4 Å². The number of carbonyl (C=O) groups excluding carboxylic acids is 2. The largest absolute Gasteiger partial charge is 0.354 e. The first-order chi connectivity index (χ1) is 17.9. The highest BCUT2D eigenvalue weighted by Crippen LogP contribution is 2.28. The summed E-state index contributed by atoms with van der Waals surface area (Å²) < 4.78 is 0. The second-order valence-corrected chi connectivity index (χ2v) is 10.9. The van der Waals surface area contributed by atoms with Crippen molar-refractivity contribution in [3.63, 3.8) is 0 Å². The number of halogens is 2. The summed E-state index contributed by atoms with van der Waals surface area (Å²) in [5.74, 6) is 0.494. The predicted molar refractivity (Wildman–Crippen MR) is 156 cm³/mol. The quantitative estimate of drug-likeness (QED) is 0.228. The molecule has 0 saturated carbocycles. The first-order valence-corrected chi connectivity index (χ1v) is 14.5. The smallest absolute Gasteiger partial charge is 0.243 e. The van der Waals surface area contributed by atoms with Crippen molar-refractivity contribution in [3.8, 4) is 0 Å². The summed E-state index contributed by atoms with van der Waals surface area (Å²) in [4.78, 5) is 28.9. The summed E-state index contributed by atoms with van der Waals surface area (Å²) in [6, 6.07) is 22.7. The number of hydrogen-bond acceptors (Lipinski definition) is 3. The molecule has 0 spiro atoms. The molecule has 0 aliphatic carbocycles. The van der Waals surface area contributed by atoms with Gasteiger partial charge in [-0.05, 0) is 42.2 Å². The Balaban J connectivity index is 1.85. The average Bonchev–Trinajstić information content (AvgIpc) is 2.88. The highest BCUT2D eigenvalue weighted by atomic mass is 35.5. The van der Waals surface area contributed by atoms with Crippen LogP contribution in [0.2, 0.25) is 10.0 Å². The summed E-state index contributed by atoms with van der Waals surface area (Å²) in [6.07, 6.45) is 2.32. The Kier molecular flexibility index (Phi) is 11.8. The van der Waals surface area contributed by atoms with Crippen molar-refractivity contribution in [2.75, 3.05) is 12.3 Å². The number of rotatable bonds is 13. The lowest BCUT2D eigenvalue weighted by Gasteiger charge is -2.31. The second-order valence-electron chi connectivity index (χ2n) is 9.05. The number of benzene rings is 3. The first-order valence-electron chi connectivity index (χ1n) is 12.6. The van der Waals surface area contributed by atoms with Crippen LogP contribution in [0.25, 0.3) is 0 Å². The molecule has 0 heterocycles. The van der Waals surface area contributed by atoms with Crippen molar-refractivity contribution < 1.29 is 9.59 Å². The molecule has 0 saturated heterocycles.